The van der Waals surface area contributed by atoms with E-state index >= 15 is 0 Å². The van der Waals surface area contributed by atoms with Crippen molar-refractivity contribution in [3.05, 3.63) is 0 Å². The molecule has 8 nitrogen and oxygen atoms in total. The smallest absolute Gasteiger partial charge is 0.405 e. The fourth-order valence-electron chi connectivity index (χ4n) is 1.12. The highest BCUT2D eigenvalue weighted by Gasteiger charge is 2.48. The minimum absolute atomic E-state index is 0.0701. The lowest BCUT2D eigenvalue weighted by molar-refractivity contribution is -0.134. The molecule has 4 N–H and O–H groups in total. The van der Waals surface area contributed by atoms with Crippen molar-refractivity contribution in [2.45, 2.75) is 5.54 Å². The Bertz CT molecular complexity index is 392. The molecule has 1 unspecified atom stereocenters. The van der Waals surface area contributed by atoms with Crippen LogP contribution in [0.4, 0.5) is 4.79 Å². The molecule has 2 amide bonds. The van der Waals surface area contributed by atoms with Crippen molar-refractivity contribution in [2.75, 3.05) is 19.3 Å². The zero-order valence-electron chi connectivity index (χ0n) is 7.90. The van der Waals surface area contributed by atoms with Gasteiger partial charge in [-0.05, 0) is 0 Å². The van der Waals surface area contributed by atoms with Crippen LogP contribution < -0.4 is 15.4 Å². The lowest BCUT2D eigenvalue weighted by atomic mass is 9.91. The number of rotatable bonds is 4. The minimum atomic E-state index is -3.46. The molecule has 0 aromatic carbocycles. The molecule has 0 spiro atoms. The van der Waals surface area contributed by atoms with E-state index in [0.29, 0.717) is 0 Å². The second-order valence-corrected chi connectivity index (χ2v) is 5.12. The third kappa shape index (κ3) is 2.80. The molecule has 9 heteroatoms. The SMILES string of the molecule is CS(=O)(=O)NCC1(NC(=O)O)CNC1=O. The number of carbonyl (C=O) groups excluding carboxylic acids is 1. The summed E-state index contributed by atoms with van der Waals surface area (Å²) in [4.78, 5) is 21.5. The van der Waals surface area contributed by atoms with Crippen LogP contribution in [0.2, 0.25) is 0 Å². The van der Waals surface area contributed by atoms with E-state index in [4.69, 9.17) is 5.11 Å². The normalized spacial score (nSPS) is 25.3. The van der Waals surface area contributed by atoms with Gasteiger partial charge in [0, 0.05) is 6.54 Å². The van der Waals surface area contributed by atoms with E-state index in [9.17, 15) is 18.0 Å². The molecule has 1 saturated heterocycles. The molecule has 1 heterocycles. The van der Waals surface area contributed by atoms with Gasteiger partial charge in [0.05, 0.1) is 12.8 Å². The van der Waals surface area contributed by atoms with Crippen molar-refractivity contribution in [1.82, 2.24) is 15.4 Å². The number of β-lactam (4-membered cyclic amide) rings is 1. The average Bonchev–Trinajstić information content (AvgIpc) is 2.07. The maximum atomic E-state index is 11.1. The summed E-state index contributed by atoms with van der Waals surface area (Å²) in [5, 5.41) is 12.8. The van der Waals surface area contributed by atoms with Gasteiger partial charge in [0.15, 0.2) is 5.54 Å². The quantitative estimate of drug-likeness (QED) is 0.408. The first-order chi connectivity index (χ1) is 6.75. The Kier molecular flexibility index (Phi) is 2.86. The molecule has 1 atom stereocenters. The Morgan fingerprint density at radius 3 is 2.53 bits per heavy atom. The van der Waals surface area contributed by atoms with Crippen LogP contribution in [-0.2, 0) is 14.8 Å². The van der Waals surface area contributed by atoms with Crippen molar-refractivity contribution >= 4 is 22.0 Å². The Morgan fingerprint density at radius 1 is 1.67 bits per heavy atom. The topological polar surface area (TPSA) is 125 Å². The highest BCUT2D eigenvalue weighted by atomic mass is 32.2. The van der Waals surface area contributed by atoms with Crippen LogP contribution in [0.3, 0.4) is 0 Å². The number of carboxylic acid groups (broad SMARTS) is 1. The van der Waals surface area contributed by atoms with Gasteiger partial charge >= 0.3 is 6.09 Å². The maximum Gasteiger partial charge on any atom is 0.405 e. The molecule has 0 aromatic heterocycles. The summed E-state index contributed by atoms with van der Waals surface area (Å²) < 4.78 is 23.7. The van der Waals surface area contributed by atoms with E-state index in [1.807, 2.05) is 5.32 Å². The zero-order chi connectivity index (χ0) is 11.7. The molecule has 15 heavy (non-hydrogen) atoms. The van der Waals surface area contributed by atoms with E-state index in [1.165, 1.54) is 0 Å². The van der Waals surface area contributed by atoms with Crippen LogP contribution in [-0.4, -0.2) is 50.4 Å². The largest absolute Gasteiger partial charge is 0.465 e. The van der Waals surface area contributed by atoms with E-state index in [-0.39, 0.29) is 13.1 Å². The third-order valence-electron chi connectivity index (χ3n) is 1.97. The summed E-state index contributed by atoms with van der Waals surface area (Å²) in [6.45, 7) is -0.218. The molecule has 1 aliphatic heterocycles. The molecule has 86 valence electrons. The number of hydrogen-bond donors (Lipinski definition) is 4. The van der Waals surface area contributed by atoms with E-state index in [2.05, 4.69) is 10.0 Å². The van der Waals surface area contributed by atoms with Gasteiger partial charge in [0.25, 0.3) is 0 Å². The van der Waals surface area contributed by atoms with Crippen molar-refractivity contribution in [1.29, 1.82) is 0 Å². The predicted molar refractivity (Wildman–Crippen MR) is 49.7 cm³/mol. The first-order valence-corrected chi connectivity index (χ1v) is 5.88. The van der Waals surface area contributed by atoms with Gasteiger partial charge in [-0.15, -0.1) is 0 Å². The number of amides is 2. The average molecular weight is 237 g/mol. The maximum absolute atomic E-state index is 11.1. The standard InChI is InChI=1S/C6H11N3O5S/c1-15(13,14)8-3-6(9-5(11)12)2-7-4(6)10/h8-9H,2-3H2,1H3,(H,7,10)(H,11,12). The fraction of sp³-hybridized carbons (Fsp3) is 0.667. The van der Waals surface area contributed by atoms with Gasteiger partial charge in [0.2, 0.25) is 15.9 Å². The monoisotopic (exact) mass is 237 g/mol. The Morgan fingerprint density at radius 2 is 2.27 bits per heavy atom. The molecule has 1 aliphatic rings. The van der Waals surface area contributed by atoms with Crippen molar-refractivity contribution in [3.8, 4) is 0 Å². The predicted octanol–water partition coefficient (Wildman–Crippen LogP) is -2.33. The second kappa shape index (κ2) is 3.66. The van der Waals surface area contributed by atoms with Crippen LogP contribution in [0.5, 0.6) is 0 Å². The van der Waals surface area contributed by atoms with Crippen LogP contribution >= 0.6 is 0 Å². The van der Waals surface area contributed by atoms with Crippen LogP contribution in [0.1, 0.15) is 0 Å². The highest BCUT2D eigenvalue weighted by Crippen LogP contribution is 2.11. The lowest BCUT2D eigenvalue weighted by Gasteiger charge is -2.40. The molecule has 0 aliphatic carbocycles. The highest BCUT2D eigenvalue weighted by molar-refractivity contribution is 7.88. The number of nitrogens with one attached hydrogen (secondary N) is 3. The molecule has 0 radical (unpaired) electrons. The van der Waals surface area contributed by atoms with Crippen molar-refractivity contribution < 1.29 is 23.1 Å². The molecule has 0 bridgehead atoms. The summed E-state index contributed by atoms with van der Waals surface area (Å²) in [5.74, 6) is -0.541. The number of carbonyl (C=O) groups is 2. The van der Waals surface area contributed by atoms with E-state index in [1.54, 1.807) is 0 Å². The molecule has 1 fully saturated rings. The van der Waals surface area contributed by atoms with Gasteiger partial charge in [-0.3, -0.25) is 4.79 Å². The van der Waals surface area contributed by atoms with Gasteiger partial charge in [-0.1, -0.05) is 0 Å². The number of hydrogen-bond acceptors (Lipinski definition) is 4. The zero-order valence-corrected chi connectivity index (χ0v) is 8.72. The molecular formula is C6H11N3O5S. The molecule has 0 saturated carbocycles. The third-order valence-corrected chi connectivity index (χ3v) is 2.64. The summed E-state index contributed by atoms with van der Waals surface area (Å²) in [6, 6.07) is 0. The van der Waals surface area contributed by atoms with Crippen LogP contribution in [0, 0.1) is 0 Å². The first kappa shape index (κ1) is 11.7. The van der Waals surface area contributed by atoms with E-state index in [0.717, 1.165) is 6.26 Å². The van der Waals surface area contributed by atoms with Crippen molar-refractivity contribution in [2.24, 2.45) is 0 Å². The lowest BCUT2D eigenvalue weighted by Crippen LogP contribution is -2.76. The molecular weight excluding hydrogens is 226 g/mol. The van der Waals surface area contributed by atoms with Gasteiger partial charge in [0.1, 0.15) is 0 Å². The first-order valence-electron chi connectivity index (χ1n) is 3.99. The van der Waals surface area contributed by atoms with Gasteiger partial charge in [-0.25, -0.2) is 17.9 Å². The summed E-state index contributed by atoms with van der Waals surface area (Å²) in [7, 11) is -3.46. The summed E-state index contributed by atoms with van der Waals surface area (Å²) in [6.07, 6.45) is -0.446. The van der Waals surface area contributed by atoms with Crippen molar-refractivity contribution in [3.63, 3.8) is 0 Å². The summed E-state index contributed by atoms with van der Waals surface area (Å²) >= 11 is 0. The Hall–Kier alpha value is -1.35. The van der Waals surface area contributed by atoms with E-state index < -0.39 is 27.6 Å². The summed E-state index contributed by atoms with van der Waals surface area (Å²) in [5.41, 5.74) is -1.38. The Labute approximate surface area is 86.1 Å². The number of sulfonamides is 1. The van der Waals surface area contributed by atoms with Crippen LogP contribution in [0.25, 0.3) is 0 Å². The Balaban J connectivity index is 2.67. The minimum Gasteiger partial charge on any atom is -0.465 e. The fourth-order valence-corrected chi connectivity index (χ4v) is 1.63. The van der Waals surface area contributed by atoms with Gasteiger partial charge in [-0.2, -0.15) is 0 Å². The molecule has 1 rings (SSSR count). The van der Waals surface area contributed by atoms with Gasteiger partial charge < -0.3 is 15.7 Å². The van der Waals surface area contributed by atoms with Crippen LogP contribution in [0.15, 0.2) is 0 Å². The second-order valence-electron chi connectivity index (χ2n) is 3.29. The molecule has 0 aromatic rings.